The van der Waals surface area contributed by atoms with Crippen molar-refractivity contribution < 1.29 is 0 Å². The molecule has 14 heavy (non-hydrogen) atoms. The number of rotatable bonds is 3. The van der Waals surface area contributed by atoms with Crippen molar-refractivity contribution in [3.8, 4) is 0 Å². The van der Waals surface area contributed by atoms with Gasteiger partial charge in [-0.05, 0) is 18.6 Å². The van der Waals surface area contributed by atoms with Gasteiger partial charge in [-0.15, -0.1) is 6.58 Å². The molecule has 0 saturated heterocycles. The van der Waals surface area contributed by atoms with Crippen LogP contribution in [0.3, 0.4) is 0 Å². The summed E-state index contributed by atoms with van der Waals surface area (Å²) >= 11 is 17.8. The van der Waals surface area contributed by atoms with Gasteiger partial charge in [-0.3, -0.25) is 0 Å². The molecule has 1 aromatic carbocycles. The van der Waals surface area contributed by atoms with E-state index in [-0.39, 0.29) is 6.04 Å². The smallest absolute Gasteiger partial charge is 0.0655 e. The second kappa shape index (κ2) is 5.04. The minimum Gasteiger partial charge on any atom is -0.324 e. The molecule has 1 nitrogen and oxygen atoms in total. The van der Waals surface area contributed by atoms with Gasteiger partial charge in [0.25, 0.3) is 0 Å². The summed E-state index contributed by atoms with van der Waals surface area (Å²) in [5.41, 5.74) is 6.56. The monoisotopic (exact) mass is 249 g/mol. The summed E-state index contributed by atoms with van der Waals surface area (Å²) < 4.78 is 0. The molecule has 76 valence electrons. The molecule has 0 aliphatic heterocycles. The first-order chi connectivity index (χ1) is 6.57. The van der Waals surface area contributed by atoms with Crippen LogP contribution in [0.1, 0.15) is 18.0 Å². The van der Waals surface area contributed by atoms with Crippen LogP contribution in [-0.2, 0) is 0 Å². The maximum Gasteiger partial charge on any atom is 0.0655 e. The van der Waals surface area contributed by atoms with E-state index in [1.54, 1.807) is 18.2 Å². The molecule has 1 aromatic rings. The van der Waals surface area contributed by atoms with Crippen LogP contribution < -0.4 is 5.73 Å². The fraction of sp³-hybridized carbons (Fsp3) is 0.200. The van der Waals surface area contributed by atoms with Gasteiger partial charge in [0.05, 0.1) is 10.0 Å². The molecule has 0 amide bonds. The van der Waals surface area contributed by atoms with Gasteiger partial charge in [0.15, 0.2) is 0 Å². The zero-order chi connectivity index (χ0) is 10.7. The van der Waals surface area contributed by atoms with Crippen LogP contribution in [0.15, 0.2) is 24.8 Å². The van der Waals surface area contributed by atoms with Crippen molar-refractivity contribution >= 4 is 34.8 Å². The molecule has 4 heteroatoms. The van der Waals surface area contributed by atoms with Crippen LogP contribution in [0.2, 0.25) is 15.1 Å². The van der Waals surface area contributed by atoms with Crippen molar-refractivity contribution in [1.82, 2.24) is 0 Å². The third-order valence-corrected chi connectivity index (χ3v) is 3.02. The molecule has 0 heterocycles. The number of benzene rings is 1. The number of nitrogens with two attached hydrogens (primary N) is 1. The molecular weight excluding hydrogens is 240 g/mol. The molecule has 0 aliphatic carbocycles. The van der Waals surface area contributed by atoms with Crippen molar-refractivity contribution in [2.45, 2.75) is 12.5 Å². The lowest BCUT2D eigenvalue weighted by Gasteiger charge is -2.14. The summed E-state index contributed by atoms with van der Waals surface area (Å²) in [6.07, 6.45) is 2.33. The van der Waals surface area contributed by atoms with E-state index < -0.39 is 0 Å². The van der Waals surface area contributed by atoms with Crippen LogP contribution >= 0.6 is 34.8 Å². The number of halogens is 3. The van der Waals surface area contributed by atoms with E-state index in [9.17, 15) is 0 Å². The van der Waals surface area contributed by atoms with Crippen LogP contribution in [-0.4, -0.2) is 0 Å². The third-order valence-electron chi connectivity index (χ3n) is 1.87. The van der Waals surface area contributed by atoms with Crippen LogP contribution in [0.4, 0.5) is 0 Å². The Hall–Kier alpha value is -0.210. The minimum absolute atomic E-state index is 0.258. The summed E-state index contributed by atoms with van der Waals surface area (Å²) in [6, 6.07) is 3.08. The molecule has 0 radical (unpaired) electrons. The van der Waals surface area contributed by atoms with E-state index in [1.807, 2.05) is 0 Å². The van der Waals surface area contributed by atoms with Crippen LogP contribution in [0, 0.1) is 0 Å². The number of hydrogen-bond donors (Lipinski definition) is 1. The van der Waals surface area contributed by atoms with Crippen molar-refractivity contribution in [1.29, 1.82) is 0 Å². The quantitative estimate of drug-likeness (QED) is 0.631. The molecule has 0 aliphatic rings. The lowest BCUT2D eigenvalue weighted by atomic mass is 10.0. The Morgan fingerprint density at radius 3 is 2.43 bits per heavy atom. The molecule has 2 N–H and O–H groups in total. The van der Waals surface area contributed by atoms with E-state index in [4.69, 9.17) is 40.5 Å². The van der Waals surface area contributed by atoms with Crippen LogP contribution in [0.25, 0.3) is 0 Å². The highest BCUT2D eigenvalue weighted by atomic mass is 35.5. The first-order valence-electron chi connectivity index (χ1n) is 4.07. The Morgan fingerprint density at radius 1 is 1.29 bits per heavy atom. The highest BCUT2D eigenvalue weighted by Crippen LogP contribution is 2.35. The Balaban J connectivity index is 3.17. The summed E-state index contributed by atoms with van der Waals surface area (Å²) in [5.74, 6) is 0. The van der Waals surface area contributed by atoms with Crippen molar-refractivity contribution in [3.63, 3.8) is 0 Å². The summed E-state index contributed by atoms with van der Waals surface area (Å²) in [6.45, 7) is 3.61. The summed E-state index contributed by atoms with van der Waals surface area (Å²) in [7, 11) is 0. The first-order valence-corrected chi connectivity index (χ1v) is 5.21. The highest BCUT2D eigenvalue weighted by molar-refractivity contribution is 6.44. The molecule has 0 spiro atoms. The van der Waals surface area contributed by atoms with E-state index in [1.165, 1.54) is 0 Å². The van der Waals surface area contributed by atoms with E-state index >= 15 is 0 Å². The largest absolute Gasteiger partial charge is 0.324 e. The molecule has 0 saturated carbocycles. The maximum absolute atomic E-state index is 6.00. The first kappa shape index (κ1) is 11.9. The average molecular weight is 251 g/mol. The molecule has 0 bridgehead atoms. The Morgan fingerprint density at radius 2 is 1.86 bits per heavy atom. The number of hydrogen-bond acceptors (Lipinski definition) is 1. The topological polar surface area (TPSA) is 26.0 Å². The van der Waals surface area contributed by atoms with E-state index in [2.05, 4.69) is 6.58 Å². The Bertz CT molecular complexity index is 349. The lowest BCUT2D eigenvalue weighted by Crippen LogP contribution is -2.10. The highest BCUT2D eigenvalue weighted by Gasteiger charge is 2.15. The lowest BCUT2D eigenvalue weighted by molar-refractivity contribution is 0.742. The van der Waals surface area contributed by atoms with Gasteiger partial charge in [0.2, 0.25) is 0 Å². The standard InChI is InChI=1S/C10H10Cl3N/c1-2-3-8(14)9-6(11)4-5-7(12)10(9)13/h2,4-5,8H,1,3,14H2/t8-/m1/s1. The van der Waals surface area contributed by atoms with Gasteiger partial charge in [-0.25, -0.2) is 0 Å². The maximum atomic E-state index is 6.00. The van der Waals surface area contributed by atoms with Crippen molar-refractivity contribution in [2.75, 3.05) is 0 Å². The van der Waals surface area contributed by atoms with Gasteiger partial charge in [0, 0.05) is 16.6 Å². The predicted molar refractivity (Wildman–Crippen MR) is 63.2 cm³/mol. The Kier molecular flexibility index (Phi) is 4.27. The molecule has 1 rings (SSSR count). The van der Waals surface area contributed by atoms with Crippen molar-refractivity contribution in [3.05, 3.63) is 45.4 Å². The van der Waals surface area contributed by atoms with E-state index in [0.717, 1.165) is 0 Å². The van der Waals surface area contributed by atoms with E-state index in [0.29, 0.717) is 27.1 Å². The van der Waals surface area contributed by atoms with Crippen molar-refractivity contribution in [2.24, 2.45) is 5.73 Å². The van der Waals surface area contributed by atoms with Gasteiger partial charge < -0.3 is 5.73 Å². The average Bonchev–Trinajstić information content (AvgIpc) is 2.13. The molecule has 1 atom stereocenters. The zero-order valence-corrected chi connectivity index (χ0v) is 9.70. The van der Waals surface area contributed by atoms with Gasteiger partial charge in [0.1, 0.15) is 0 Å². The van der Waals surface area contributed by atoms with Crippen LogP contribution in [0.5, 0.6) is 0 Å². The van der Waals surface area contributed by atoms with Gasteiger partial charge in [-0.1, -0.05) is 40.9 Å². The fourth-order valence-corrected chi connectivity index (χ4v) is 2.00. The second-order valence-corrected chi connectivity index (χ2v) is 4.08. The predicted octanol–water partition coefficient (Wildman–Crippen LogP) is 4.22. The van der Waals surface area contributed by atoms with Gasteiger partial charge in [-0.2, -0.15) is 0 Å². The molecular formula is C10H10Cl3N. The van der Waals surface area contributed by atoms with Gasteiger partial charge >= 0.3 is 0 Å². The zero-order valence-electron chi connectivity index (χ0n) is 7.43. The molecule has 0 unspecified atom stereocenters. The Labute approximate surface area is 98.5 Å². The third kappa shape index (κ3) is 2.43. The normalized spacial score (nSPS) is 12.6. The molecule has 0 fully saturated rings. The second-order valence-electron chi connectivity index (χ2n) is 2.89. The minimum atomic E-state index is -0.258. The fourth-order valence-electron chi connectivity index (χ4n) is 1.18. The summed E-state index contributed by atoms with van der Waals surface area (Å²) in [4.78, 5) is 0. The summed E-state index contributed by atoms with van der Waals surface area (Å²) in [5, 5.41) is 1.42. The molecule has 0 aromatic heterocycles. The SMILES string of the molecule is C=CC[C@@H](N)c1c(Cl)ccc(Cl)c1Cl.